The van der Waals surface area contributed by atoms with Crippen LogP contribution in [0.1, 0.15) is 20.3 Å². The fourth-order valence-corrected chi connectivity index (χ4v) is 3.60. The van der Waals surface area contributed by atoms with Crippen molar-refractivity contribution in [2.75, 3.05) is 11.5 Å². The van der Waals surface area contributed by atoms with Crippen molar-refractivity contribution in [2.45, 2.75) is 32.4 Å². The molecule has 0 radical (unpaired) electrons. The smallest absolute Gasteiger partial charge is 0.156 e. The van der Waals surface area contributed by atoms with Gasteiger partial charge in [0.2, 0.25) is 0 Å². The second-order valence-corrected chi connectivity index (χ2v) is 6.67. The van der Waals surface area contributed by atoms with Crippen LogP contribution in [0.4, 0.5) is 0 Å². The number of hydrogen-bond donors (Lipinski definition) is 1. The normalized spacial score (nSPS) is 26.7. The topological polar surface area (TPSA) is 90.9 Å². The van der Waals surface area contributed by atoms with E-state index in [1.165, 1.54) is 0 Å². The Bertz CT molecular complexity index is 336. The van der Waals surface area contributed by atoms with E-state index in [9.17, 15) is 18.3 Å². The highest BCUT2D eigenvalue weighted by atomic mass is 32.2. The van der Waals surface area contributed by atoms with Gasteiger partial charge >= 0.3 is 0 Å². The maximum atomic E-state index is 11.2. The molecule has 1 aliphatic heterocycles. The van der Waals surface area contributed by atoms with Gasteiger partial charge in [-0.1, -0.05) is 13.8 Å². The molecule has 2 atom stereocenters. The van der Waals surface area contributed by atoms with Crippen molar-refractivity contribution in [2.24, 2.45) is 5.92 Å². The van der Waals surface area contributed by atoms with Gasteiger partial charge in [0.15, 0.2) is 9.84 Å². The van der Waals surface area contributed by atoms with E-state index in [1.54, 1.807) is 19.2 Å². The van der Waals surface area contributed by atoms with Crippen LogP contribution in [-0.4, -0.2) is 38.0 Å². The van der Waals surface area contributed by atoms with Crippen LogP contribution < -0.4 is 10.4 Å². The Balaban J connectivity index is 2.58. The van der Waals surface area contributed by atoms with Crippen molar-refractivity contribution in [1.29, 1.82) is 0 Å². The van der Waals surface area contributed by atoms with E-state index in [2.05, 4.69) is 0 Å². The van der Waals surface area contributed by atoms with Gasteiger partial charge in [0.25, 0.3) is 0 Å². The third kappa shape index (κ3) is 3.46. The molecule has 0 saturated carbocycles. The molecular weight excluding hydrogens is 218 g/mol. The largest absolute Gasteiger partial charge is 0.544 e. The Morgan fingerprint density at radius 3 is 2.40 bits per heavy atom. The molecule has 1 heterocycles. The second-order valence-electron chi connectivity index (χ2n) is 4.44. The molecule has 0 aliphatic carbocycles. The fourth-order valence-electron chi connectivity index (χ4n) is 1.84. The first-order valence-electron chi connectivity index (χ1n) is 5.08. The monoisotopic (exact) mass is 235 g/mol. The Hall–Kier alpha value is -0.620. The molecule has 1 saturated heterocycles. The molecule has 0 aromatic rings. The summed E-state index contributed by atoms with van der Waals surface area (Å²) >= 11 is 0. The van der Waals surface area contributed by atoms with Gasteiger partial charge in [0.05, 0.1) is 11.7 Å². The van der Waals surface area contributed by atoms with Gasteiger partial charge in [0, 0.05) is 12.3 Å². The SMILES string of the molecule is CC(C)[C@H]([NH2+][C@H]1CCS(=O)(=O)C1)C(=O)[O-]. The average Bonchev–Trinajstić information content (AvgIpc) is 2.40. The third-order valence-corrected chi connectivity index (χ3v) is 4.53. The lowest BCUT2D eigenvalue weighted by molar-refractivity contribution is -0.715. The quantitative estimate of drug-likeness (QED) is 0.583. The summed E-state index contributed by atoms with van der Waals surface area (Å²) in [6.45, 7) is 3.58. The molecular formula is C9H17NO4S. The number of carbonyl (C=O) groups is 1. The molecule has 0 bridgehead atoms. The third-order valence-electron chi connectivity index (χ3n) is 2.74. The zero-order valence-electron chi connectivity index (χ0n) is 8.97. The van der Waals surface area contributed by atoms with Gasteiger partial charge in [0.1, 0.15) is 17.8 Å². The van der Waals surface area contributed by atoms with Crippen molar-refractivity contribution in [1.82, 2.24) is 0 Å². The van der Waals surface area contributed by atoms with E-state index in [0.29, 0.717) is 6.42 Å². The molecule has 1 rings (SSSR count). The van der Waals surface area contributed by atoms with Crippen LogP contribution in [0.2, 0.25) is 0 Å². The van der Waals surface area contributed by atoms with Crippen molar-refractivity contribution < 1.29 is 23.6 Å². The minimum absolute atomic E-state index is 0.0571. The number of carboxylic acids is 1. The van der Waals surface area contributed by atoms with Gasteiger partial charge in [-0.25, -0.2) is 8.42 Å². The summed E-state index contributed by atoms with van der Waals surface area (Å²) in [6.07, 6.45) is 0.541. The Labute approximate surface area is 89.8 Å². The Morgan fingerprint density at radius 1 is 1.47 bits per heavy atom. The van der Waals surface area contributed by atoms with Crippen molar-refractivity contribution in [3.63, 3.8) is 0 Å². The van der Waals surface area contributed by atoms with Gasteiger partial charge in [-0.2, -0.15) is 0 Å². The second kappa shape index (κ2) is 4.49. The van der Waals surface area contributed by atoms with Crippen molar-refractivity contribution in [3.05, 3.63) is 0 Å². The predicted molar refractivity (Wildman–Crippen MR) is 52.6 cm³/mol. The summed E-state index contributed by atoms with van der Waals surface area (Å²) in [5, 5.41) is 12.4. The van der Waals surface area contributed by atoms with E-state index >= 15 is 0 Å². The number of quaternary nitrogens is 1. The molecule has 0 unspecified atom stereocenters. The molecule has 0 aromatic carbocycles. The number of rotatable bonds is 4. The van der Waals surface area contributed by atoms with Crippen LogP contribution in [0.25, 0.3) is 0 Å². The molecule has 2 N–H and O–H groups in total. The summed E-state index contributed by atoms with van der Waals surface area (Å²) < 4.78 is 22.4. The first kappa shape index (κ1) is 12.4. The average molecular weight is 235 g/mol. The zero-order chi connectivity index (χ0) is 11.6. The first-order valence-corrected chi connectivity index (χ1v) is 6.90. The highest BCUT2D eigenvalue weighted by molar-refractivity contribution is 7.91. The Kier molecular flexibility index (Phi) is 3.72. The molecule has 88 valence electrons. The predicted octanol–water partition coefficient (Wildman–Crippen LogP) is -2.49. The van der Waals surface area contributed by atoms with Gasteiger partial charge in [-0.3, -0.25) is 0 Å². The van der Waals surface area contributed by atoms with Crippen molar-refractivity contribution >= 4 is 15.8 Å². The molecule has 1 aliphatic rings. The number of carboxylic acid groups (broad SMARTS) is 1. The summed E-state index contributed by atoms with van der Waals surface area (Å²) in [6, 6.07) is -0.774. The van der Waals surface area contributed by atoms with Crippen LogP contribution in [0.3, 0.4) is 0 Å². The van der Waals surface area contributed by atoms with E-state index in [0.717, 1.165) is 0 Å². The first-order chi connectivity index (χ1) is 6.82. The minimum Gasteiger partial charge on any atom is -0.544 e. The molecule has 6 heteroatoms. The minimum atomic E-state index is -2.94. The molecule has 0 spiro atoms. The van der Waals surface area contributed by atoms with E-state index < -0.39 is 21.8 Å². The van der Waals surface area contributed by atoms with Crippen LogP contribution >= 0.6 is 0 Å². The van der Waals surface area contributed by atoms with Gasteiger partial charge < -0.3 is 15.2 Å². The summed E-state index contributed by atoms with van der Waals surface area (Å²) in [5.41, 5.74) is 0. The molecule has 15 heavy (non-hydrogen) atoms. The summed E-state index contributed by atoms with van der Waals surface area (Å²) in [4.78, 5) is 10.8. The number of sulfone groups is 1. The fraction of sp³-hybridized carbons (Fsp3) is 0.889. The van der Waals surface area contributed by atoms with Crippen LogP contribution in [0.15, 0.2) is 0 Å². The maximum Gasteiger partial charge on any atom is 0.156 e. The number of aliphatic carboxylic acids is 1. The maximum absolute atomic E-state index is 11.2. The highest BCUT2D eigenvalue weighted by Crippen LogP contribution is 2.08. The lowest BCUT2D eigenvalue weighted by Gasteiger charge is -2.22. The molecule has 0 aromatic heterocycles. The van der Waals surface area contributed by atoms with Gasteiger partial charge in [-0.05, 0) is 0 Å². The van der Waals surface area contributed by atoms with Gasteiger partial charge in [-0.15, -0.1) is 0 Å². The lowest BCUT2D eigenvalue weighted by atomic mass is 10.0. The standard InChI is InChI=1S/C9H17NO4S/c1-6(2)8(9(11)12)10-7-3-4-15(13,14)5-7/h6-8,10H,3-5H2,1-2H3,(H,11,12)/t7-,8-/m0/s1. The number of nitrogens with two attached hydrogens (primary N) is 1. The Morgan fingerprint density at radius 2 is 2.07 bits per heavy atom. The van der Waals surface area contributed by atoms with Crippen LogP contribution in [0.5, 0.6) is 0 Å². The summed E-state index contributed by atoms with van der Waals surface area (Å²) in [7, 11) is -2.94. The van der Waals surface area contributed by atoms with Crippen LogP contribution in [-0.2, 0) is 14.6 Å². The van der Waals surface area contributed by atoms with Crippen LogP contribution in [0, 0.1) is 5.92 Å². The molecule has 1 fully saturated rings. The highest BCUT2D eigenvalue weighted by Gasteiger charge is 2.33. The van der Waals surface area contributed by atoms with Crippen molar-refractivity contribution in [3.8, 4) is 0 Å². The molecule has 5 nitrogen and oxygen atoms in total. The molecule has 0 amide bonds. The van der Waals surface area contributed by atoms with E-state index in [1.807, 2.05) is 0 Å². The lowest BCUT2D eigenvalue weighted by Crippen LogP contribution is -2.99. The van der Waals surface area contributed by atoms with E-state index in [4.69, 9.17) is 0 Å². The number of hydrogen-bond acceptors (Lipinski definition) is 4. The zero-order valence-corrected chi connectivity index (χ0v) is 9.79. The number of carbonyl (C=O) groups excluding carboxylic acids is 1. The summed E-state index contributed by atoms with van der Waals surface area (Å²) in [5.74, 6) is -0.914. The van der Waals surface area contributed by atoms with E-state index in [-0.39, 0.29) is 23.5 Å².